The molecule has 2 aromatic heterocycles. The monoisotopic (exact) mass is 354 g/mol. The minimum Gasteiger partial charge on any atom is -0.355 e. The Morgan fingerprint density at radius 1 is 1.08 bits per heavy atom. The van der Waals surface area contributed by atoms with Crippen molar-refractivity contribution in [3.63, 3.8) is 0 Å². The Bertz CT molecular complexity index is 765. The van der Waals surface area contributed by atoms with E-state index in [1.54, 1.807) is 13.0 Å². The van der Waals surface area contributed by atoms with Gasteiger partial charge in [-0.1, -0.05) is 0 Å². The number of alkyl halides is 3. The molecule has 0 saturated carbocycles. The maximum absolute atomic E-state index is 13.0. The lowest BCUT2D eigenvalue weighted by Crippen LogP contribution is -2.47. The van der Waals surface area contributed by atoms with Crippen molar-refractivity contribution < 1.29 is 13.2 Å². The number of nitrogens with zero attached hydrogens (tertiary/aromatic N) is 6. The van der Waals surface area contributed by atoms with Crippen LogP contribution >= 0.6 is 0 Å². The minimum absolute atomic E-state index is 0.00520. The second-order valence-corrected chi connectivity index (χ2v) is 6.89. The van der Waals surface area contributed by atoms with Gasteiger partial charge in [0.25, 0.3) is 11.6 Å². The van der Waals surface area contributed by atoms with Crippen LogP contribution in [0.4, 0.5) is 19.0 Å². The molecule has 0 amide bonds. The molecule has 2 saturated heterocycles. The minimum atomic E-state index is -4.57. The third kappa shape index (κ3) is 3.17. The van der Waals surface area contributed by atoms with E-state index >= 15 is 0 Å². The molecule has 2 aromatic rings. The standard InChI is InChI=1S/C16H21F3N6/c1-11-9-13(25-15(20-11)21-14(22-25)16(17,18)19)24-8-4-5-12(10-24)23-6-2-3-7-23/h9,12H,2-8,10H2,1H3. The van der Waals surface area contributed by atoms with Crippen LogP contribution in [0.25, 0.3) is 5.78 Å². The van der Waals surface area contributed by atoms with Gasteiger partial charge in [-0.3, -0.25) is 4.90 Å². The molecule has 0 N–H and O–H groups in total. The van der Waals surface area contributed by atoms with Crippen LogP contribution in [0.3, 0.4) is 0 Å². The molecule has 0 bridgehead atoms. The molecular formula is C16H21F3N6. The lowest BCUT2D eigenvalue weighted by molar-refractivity contribution is -0.144. The number of likely N-dealkylation sites (tertiary alicyclic amines) is 1. The van der Waals surface area contributed by atoms with Crippen molar-refractivity contribution in [2.75, 3.05) is 31.1 Å². The highest BCUT2D eigenvalue weighted by Gasteiger charge is 2.37. The molecule has 0 spiro atoms. The van der Waals surface area contributed by atoms with Crippen LogP contribution in [0.5, 0.6) is 0 Å². The molecule has 4 heterocycles. The summed E-state index contributed by atoms with van der Waals surface area (Å²) in [6, 6.07) is 2.25. The maximum atomic E-state index is 13.0. The van der Waals surface area contributed by atoms with E-state index in [-0.39, 0.29) is 5.78 Å². The largest absolute Gasteiger partial charge is 0.453 e. The molecule has 1 unspecified atom stereocenters. The number of fused-ring (bicyclic) bond motifs is 1. The summed E-state index contributed by atoms with van der Waals surface area (Å²) < 4.78 is 40.2. The summed E-state index contributed by atoms with van der Waals surface area (Å²) >= 11 is 0. The van der Waals surface area contributed by atoms with Gasteiger partial charge in [0, 0.05) is 30.9 Å². The summed E-state index contributed by atoms with van der Waals surface area (Å²) in [4.78, 5) is 12.3. The Morgan fingerprint density at radius 3 is 2.56 bits per heavy atom. The van der Waals surface area contributed by atoms with Crippen molar-refractivity contribution in [2.24, 2.45) is 0 Å². The number of hydrogen-bond donors (Lipinski definition) is 0. The molecule has 9 heteroatoms. The normalized spacial score (nSPS) is 22.9. The highest BCUT2D eigenvalue weighted by atomic mass is 19.4. The van der Waals surface area contributed by atoms with Gasteiger partial charge in [-0.15, -0.1) is 5.10 Å². The van der Waals surface area contributed by atoms with E-state index in [9.17, 15) is 13.2 Å². The Kier molecular flexibility index (Phi) is 4.05. The molecular weight excluding hydrogens is 333 g/mol. The quantitative estimate of drug-likeness (QED) is 0.829. The number of hydrogen-bond acceptors (Lipinski definition) is 5. The van der Waals surface area contributed by atoms with Crippen LogP contribution in [0.15, 0.2) is 6.07 Å². The fraction of sp³-hybridized carbons (Fsp3) is 0.688. The molecule has 2 fully saturated rings. The Hall–Kier alpha value is -1.90. The molecule has 0 aliphatic carbocycles. The van der Waals surface area contributed by atoms with Gasteiger partial charge in [0.2, 0.25) is 0 Å². The third-order valence-corrected chi connectivity index (χ3v) is 5.05. The zero-order valence-corrected chi connectivity index (χ0v) is 14.1. The number of aromatic nitrogens is 4. The molecule has 4 rings (SSSR count). The van der Waals surface area contributed by atoms with Crippen molar-refractivity contribution >= 4 is 11.6 Å². The van der Waals surface area contributed by atoms with E-state index in [1.807, 2.05) is 0 Å². The van der Waals surface area contributed by atoms with Gasteiger partial charge in [-0.2, -0.15) is 22.7 Å². The van der Waals surface area contributed by atoms with Crippen LogP contribution in [0, 0.1) is 6.92 Å². The second kappa shape index (κ2) is 6.12. The van der Waals surface area contributed by atoms with Gasteiger partial charge in [0.15, 0.2) is 0 Å². The van der Waals surface area contributed by atoms with Gasteiger partial charge < -0.3 is 4.90 Å². The smallest absolute Gasteiger partial charge is 0.355 e. The van der Waals surface area contributed by atoms with E-state index in [1.165, 1.54) is 17.4 Å². The Labute approximate surface area is 143 Å². The summed E-state index contributed by atoms with van der Waals surface area (Å²) in [6.45, 7) is 5.62. The van der Waals surface area contributed by atoms with Crippen molar-refractivity contribution in [2.45, 2.75) is 44.8 Å². The van der Waals surface area contributed by atoms with Crippen LogP contribution < -0.4 is 4.90 Å². The number of halogens is 3. The second-order valence-electron chi connectivity index (χ2n) is 6.89. The molecule has 2 aliphatic heterocycles. The maximum Gasteiger partial charge on any atom is 0.453 e. The molecule has 0 aromatic carbocycles. The first-order chi connectivity index (χ1) is 11.9. The molecule has 6 nitrogen and oxygen atoms in total. The zero-order chi connectivity index (χ0) is 17.6. The Balaban J connectivity index is 1.68. The average Bonchev–Trinajstić information content (AvgIpc) is 3.23. The van der Waals surface area contributed by atoms with E-state index in [2.05, 4.69) is 24.9 Å². The summed E-state index contributed by atoms with van der Waals surface area (Å²) in [5, 5.41) is 3.69. The first-order valence-electron chi connectivity index (χ1n) is 8.72. The van der Waals surface area contributed by atoms with Crippen molar-refractivity contribution in [3.05, 3.63) is 17.6 Å². The summed E-state index contributed by atoms with van der Waals surface area (Å²) in [5.74, 6) is -0.486. The molecule has 2 aliphatic rings. The Morgan fingerprint density at radius 2 is 1.84 bits per heavy atom. The number of piperidine rings is 1. The van der Waals surface area contributed by atoms with Crippen molar-refractivity contribution in [1.82, 2.24) is 24.5 Å². The topological polar surface area (TPSA) is 49.6 Å². The van der Waals surface area contributed by atoms with Gasteiger partial charge in [0.05, 0.1) is 0 Å². The van der Waals surface area contributed by atoms with Gasteiger partial charge in [0.1, 0.15) is 5.82 Å². The van der Waals surface area contributed by atoms with Crippen molar-refractivity contribution in [3.8, 4) is 0 Å². The number of rotatable bonds is 2. The summed E-state index contributed by atoms with van der Waals surface area (Å²) in [6.07, 6.45) is 0.0405. The number of aryl methyl sites for hydroxylation is 1. The summed E-state index contributed by atoms with van der Waals surface area (Å²) in [7, 11) is 0. The van der Waals surface area contributed by atoms with Crippen LogP contribution in [-0.2, 0) is 6.18 Å². The first kappa shape index (κ1) is 16.6. The lowest BCUT2D eigenvalue weighted by atomic mass is 10.0. The highest BCUT2D eigenvalue weighted by molar-refractivity contribution is 5.48. The molecule has 136 valence electrons. The average molecular weight is 354 g/mol. The number of anilines is 1. The zero-order valence-electron chi connectivity index (χ0n) is 14.1. The molecule has 0 radical (unpaired) electrons. The van der Waals surface area contributed by atoms with Gasteiger partial charge in [-0.05, 0) is 45.7 Å². The van der Waals surface area contributed by atoms with Crippen LogP contribution in [0.1, 0.15) is 37.2 Å². The lowest BCUT2D eigenvalue weighted by Gasteiger charge is -2.38. The SMILES string of the molecule is Cc1cc(N2CCCC(N3CCCC3)C2)n2nc(C(F)(F)F)nc2n1. The summed E-state index contributed by atoms with van der Waals surface area (Å²) in [5.41, 5.74) is 0.645. The molecule has 25 heavy (non-hydrogen) atoms. The highest BCUT2D eigenvalue weighted by Crippen LogP contribution is 2.29. The molecule has 1 atom stereocenters. The third-order valence-electron chi connectivity index (χ3n) is 5.05. The predicted molar refractivity (Wildman–Crippen MR) is 86.6 cm³/mol. The van der Waals surface area contributed by atoms with E-state index < -0.39 is 12.0 Å². The van der Waals surface area contributed by atoms with Gasteiger partial charge in [-0.25, -0.2) is 4.98 Å². The van der Waals surface area contributed by atoms with E-state index in [0.717, 1.165) is 39.0 Å². The predicted octanol–water partition coefficient (Wildman–Crippen LogP) is 2.52. The first-order valence-corrected chi connectivity index (χ1v) is 8.72. The van der Waals surface area contributed by atoms with E-state index in [4.69, 9.17) is 0 Å². The van der Waals surface area contributed by atoms with Crippen LogP contribution in [-0.4, -0.2) is 56.7 Å². The van der Waals surface area contributed by atoms with E-state index in [0.29, 0.717) is 17.6 Å². The fourth-order valence-electron chi connectivity index (χ4n) is 3.88. The van der Waals surface area contributed by atoms with Crippen LogP contribution in [0.2, 0.25) is 0 Å². The van der Waals surface area contributed by atoms with Gasteiger partial charge >= 0.3 is 6.18 Å². The van der Waals surface area contributed by atoms with Crippen molar-refractivity contribution in [1.29, 1.82) is 0 Å². The fourth-order valence-corrected chi connectivity index (χ4v) is 3.88.